The molecule has 0 aliphatic rings. The summed E-state index contributed by atoms with van der Waals surface area (Å²) in [4.78, 5) is 13.7. The largest absolute Gasteiger partial charge is 0.256 e. The van der Waals surface area contributed by atoms with Gasteiger partial charge in [0.1, 0.15) is 0 Å². The van der Waals surface area contributed by atoms with E-state index in [1.165, 1.54) is 0 Å². The molecule has 0 saturated carbocycles. The molecule has 0 aliphatic heterocycles. The lowest BCUT2D eigenvalue weighted by Gasteiger charge is -2.10. The Balaban J connectivity index is 2.04. The van der Waals surface area contributed by atoms with E-state index < -0.39 is 0 Å². The zero-order valence-corrected chi connectivity index (χ0v) is 11.8. The second-order valence-corrected chi connectivity index (χ2v) is 5.01. The van der Waals surface area contributed by atoms with Crippen molar-refractivity contribution in [2.45, 2.75) is 0 Å². The third kappa shape index (κ3) is 2.23. The molecule has 3 nitrogen and oxygen atoms in total. The van der Waals surface area contributed by atoms with Gasteiger partial charge in [-0.15, -0.1) is 0 Å². The summed E-state index contributed by atoms with van der Waals surface area (Å²) in [5.74, 6) is 0. The molecular formula is C19H13N3. The number of rotatable bonds is 2. The lowest BCUT2D eigenvalue weighted by atomic mass is 10.0. The minimum Gasteiger partial charge on any atom is -0.256 e. The predicted octanol–water partition coefficient (Wildman–Crippen LogP) is 4.36. The molecule has 0 unspecified atom stereocenters. The first kappa shape index (κ1) is 12.7. The van der Waals surface area contributed by atoms with E-state index in [2.05, 4.69) is 22.1 Å². The van der Waals surface area contributed by atoms with Crippen LogP contribution in [0.15, 0.2) is 79.1 Å². The number of hydrogen-bond donors (Lipinski definition) is 0. The van der Waals surface area contributed by atoms with Crippen LogP contribution in [0.3, 0.4) is 0 Å². The number of para-hydroxylation sites is 1. The molecular weight excluding hydrogens is 270 g/mol. The van der Waals surface area contributed by atoms with Crippen LogP contribution in [0.5, 0.6) is 0 Å². The predicted molar refractivity (Wildman–Crippen MR) is 88.2 cm³/mol. The van der Waals surface area contributed by atoms with Gasteiger partial charge in [-0.2, -0.15) is 0 Å². The Hall–Kier alpha value is -3.07. The van der Waals surface area contributed by atoms with Gasteiger partial charge in [-0.05, 0) is 36.4 Å². The summed E-state index contributed by atoms with van der Waals surface area (Å²) >= 11 is 0. The van der Waals surface area contributed by atoms with Gasteiger partial charge in [-0.1, -0.05) is 30.3 Å². The van der Waals surface area contributed by atoms with Crippen molar-refractivity contribution in [1.82, 2.24) is 15.0 Å². The van der Waals surface area contributed by atoms with Gasteiger partial charge in [-0.3, -0.25) is 9.97 Å². The second kappa shape index (κ2) is 5.37. The van der Waals surface area contributed by atoms with Gasteiger partial charge in [0.15, 0.2) is 0 Å². The topological polar surface area (TPSA) is 38.7 Å². The maximum absolute atomic E-state index is 4.82. The Labute approximate surface area is 128 Å². The average Bonchev–Trinajstić information content (AvgIpc) is 2.62. The van der Waals surface area contributed by atoms with Gasteiger partial charge in [0.05, 0.1) is 22.6 Å². The molecule has 0 saturated heterocycles. The molecule has 0 atom stereocenters. The highest BCUT2D eigenvalue weighted by Crippen LogP contribution is 2.31. The van der Waals surface area contributed by atoms with E-state index >= 15 is 0 Å². The molecule has 3 heterocycles. The molecule has 0 amide bonds. The van der Waals surface area contributed by atoms with E-state index in [0.717, 1.165) is 33.5 Å². The van der Waals surface area contributed by atoms with Crippen LogP contribution in [0, 0.1) is 0 Å². The summed E-state index contributed by atoms with van der Waals surface area (Å²) in [7, 11) is 0. The number of fused-ring (bicyclic) bond motifs is 1. The van der Waals surface area contributed by atoms with E-state index in [9.17, 15) is 0 Å². The molecule has 0 radical (unpaired) electrons. The summed E-state index contributed by atoms with van der Waals surface area (Å²) < 4.78 is 0. The fraction of sp³-hybridized carbons (Fsp3) is 0. The monoisotopic (exact) mass is 283 g/mol. The number of aromatic nitrogens is 3. The summed E-state index contributed by atoms with van der Waals surface area (Å²) in [6.07, 6.45) is 3.58. The fourth-order valence-corrected chi connectivity index (χ4v) is 2.53. The summed E-state index contributed by atoms with van der Waals surface area (Å²) in [6.45, 7) is 0. The number of nitrogens with zero attached hydrogens (tertiary/aromatic N) is 3. The zero-order chi connectivity index (χ0) is 14.8. The quantitative estimate of drug-likeness (QED) is 0.548. The van der Waals surface area contributed by atoms with E-state index in [4.69, 9.17) is 4.98 Å². The van der Waals surface area contributed by atoms with Crippen LogP contribution in [0.1, 0.15) is 0 Å². The first-order valence-electron chi connectivity index (χ1n) is 7.14. The van der Waals surface area contributed by atoms with Crippen LogP contribution >= 0.6 is 0 Å². The summed E-state index contributed by atoms with van der Waals surface area (Å²) in [5, 5.41) is 1.10. The van der Waals surface area contributed by atoms with Crippen LogP contribution in [0.25, 0.3) is 33.5 Å². The van der Waals surface area contributed by atoms with Gasteiger partial charge in [-0.25, -0.2) is 4.98 Å². The molecule has 1 aromatic carbocycles. The van der Waals surface area contributed by atoms with Crippen molar-refractivity contribution in [3.63, 3.8) is 0 Å². The van der Waals surface area contributed by atoms with Gasteiger partial charge >= 0.3 is 0 Å². The van der Waals surface area contributed by atoms with Crippen molar-refractivity contribution in [2.75, 3.05) is 0 Å². The van der Waals surface area contributed by atoms with Crippen molar-refractivity contribution < 1.29 is 0 Å². The fourth-order valence-electron chi connectivity index (χ4n) is 2.53. The molecule has 4 aromatic rings. The molecule has 0 fully saturated rings. The number of benzene rings is 1. The summed E-state index contributed by atoms with van der Waals surface area (Å²) in [5.41, 5.74) is 4.58. The van der Waals surface area contributed by atoms with Crippen LogP contribution in [-0.2, 0) is 0 Å². The first-order valence-corrected chi connectivity index (χ1v) is 7.14. The second-order valence-electron chi connectivity index (χ2n) is 5.01. The lowest BCUT2D eigenvalue weighted by Crippen LogP contribution is -1.94. The summed E-state index contributed by atoms with van der Waals surface area (Å²) in [6, 6.07) is 22.0. The van der Waals surface area contributed by atoms with Crippen LogP contribution in [0.2, 0.25) is 0 Å². The molecule has 22 heavy (non-hydrogen) atoms. The average molecular weight is 283 g/mol. The van der Waals surface area contributed by atoms with Gasteiger partial charge in [0.2, 0.25) is 0 Å². The van der Waals surface area contributed by atoms with Crippen molar-refractivity contribution >= 4 is 10.9 Å². The molecule has 3 aromatic heterocycles. The maximum atomic E-state index is 4.82. The van der Waals surface area contributed by atoms with Crippen molar-refractivity contribution in [3.8, 4) is 22.6 Å². The molecule has 3 heteroatoms. The highest BCUT2D eigenvalue weighted by molar-refractivity contribution is 5.89. The minimum atomic E-state index is 0.855. The van der Waals surface area contributed by atoms with Crippen LogP contribution in [-0.4, -0.2) is 15.0 Å². The van der Waals surface area contributed by atoms with E-state index in [-0.39, 0.29) is 0 Å². The SMILES string of the molecule is c1ccc(-c2cc3ccccc3nc2-c2ccccn2)nc1. The third-order valence-electron chi connectivity index (χ3n) is 3.57. The number of hydrogen-bond acceptors (Lipinski definition) is 3. The van der Waals surface area contributed by atoms with Crippen molar-refractivity contribution in [3.05, 3.63) is 79.1 Å². The standard InChI is InChI=1S/C19H13N3/c1-2-8-16-14(7-1)13-15(17-9-3-5-11-20-17)19(22-16)18-10-4-6-12-21-18/h1-13H. The molecule has 104 valence electrons. The van der Waals surface area contributed by atoms with E-state index in [1.54, 1.807) is 12.4 Å². The highest BCUT2D eigenvalue weighted by Gasteiger charge is 2.12. The molecule has 0 bridgehead atoms. The Morgan fingerprint density at radius 1 is 0.636 bits per heavy atom. The smallest absolute Gasteiger partial charge is 0.0987 e. The third-order valence-corrected chi connectivity index (χ3v) is 3.57. The minimum absolute atomic E-state index is 0.855. The van der Waals surface area contributed by atoms with Crippen LogP contribution in [0.4, 0.5) is 0 Å². The van der Waals surface area contributed by atoms with Crippen LogP contribution < -0.4 is 0 Å². The van der Waals surface area contributed by atoms with Gasteiger partial charge < -0.3 is 0 Å². The normalized spacial score (nSPS) is 10.7. The Morgan fingerprint density at radius 2 is 1.32 bits per heavy atom. The zero-order valence-electron chi connectivity index (χ0n) is 11.8. The van der Waals surface area contributed by atoms with Crippen molar-refractivity contribution in [1.29, 1.82) is 0 Å². The van der Waals surface area contributed by atoms with E-state index in [1.807, 2.05) is 54.6 Å². The van der Waals surface area contributed by atoms with Gasteiger partial charge in [0.25, 0.3) is 0 Å². The molecule has 4 rings (SSSR count). The Bertz CT molecular complexity index is 841. The maximum Gasteiger partial charge on any atom is 0.0987 e. The molecule has 0 spiro atoms. The number of pyridine rings is 3. The highest BCUT2D eigenvalue weighted by atomic mass is 14.8. The Morgan fingerprint density at radius 3 is 2.05 bits per heavy atom. The van der Waals surface area contributed by atoms with Crippen molar-refractivity contribution in [2.24, 2.45) is 0 Å². The molecule has 0 N–H and O–H groups in total. The van der Waals surface area contributed by atoms with E-state index in [0.29, 0.717) is 0 Å². The molecule has 0 aliphatic carbocycles. The van der Waals surface area contributed by atoms with Gasteiger partial charge in [0, 0.05) is 23.3 Å². The lowest BCUT2D eigenvalue weighted by molar-refractivity contribution is 1.26. The first-order chi connectivity index (χ1) is 10.9. The Kier molecular flexibility index (Phi) is 3.09.